The molecule has 1 aliphatic carbocycles. The van der Waals surface area contributed by atoms with Crippen LogP contribution in [0.15, 0.2) is 0 Å². The van der Waals surface area contributed by atoms with E-state index in [1.54, 1.807) is 0 Å². The standard InChI is InChI=1S/C11H20N2O/c1-3-6-13-11(2,8-12)9-14-7-10-4-5-10/h10,13H,3-7,9H2,1-2H3. The molecule has 0 heterocycles. The van der Waals surface area contributed by atoms with Crippen LogP contribution in [0.4, 0.5) is 0 Å². The Labute approximate surface area is 86.4 Å². The Morgan fingerprint density at radius 1 is 1.57 bits per heavy atom. The highest BCUT2D eigenvalue weighted by atomic mass is 16.5. The summed E-state index contributed by atoms with van der Waals surface area (Å²) in [7, 11) is 0. The van der Waals surface area contributed by atoms with Gasteiger partial charge in [0.1, 0.15) is 5.54 Å². The van der Waals surface area contributed by atoms with Crippen molar-refractivity contribution in [2.75, 3.05) is 19.8 Å². The van der Waals surface area contributed by atoms with E-state index in [-0.39, 0.29) is 0 Å². The maximum atomic E-state index is 9.00. The van der Waals surface area contributed by atoms with Gasteiger partial charge in [-0.1, -0.05) is 6.92 Å². The molecule has 1 aliphatic rings. The van der Waals surface area contributed by atoms with Crippen molar-refractivity contribution >= 4 is 0 Å². The fourth-order valence-corrected chi connectivity index (χ4v) is 1.24. The molecule has 0 aromatic rings. The van der Waals surface area contributed by atoms with Crippen LogP contribution in [0.1, 0.15) is 33.1 Å². The summed E-state index contributed by atoms with van der Waals surface area (Å²) in [4.78, 5) is 0. The van der Waals surface area contributed by atoms with Crippen molar-refractivity contribution in [2.45, 2.75) is 38.6 Å². The maximum absolute atomic E-state index is 9.00. The van der Waals surface area contributed by atoms with Gasteiger partial charge in [-0.25, -0.2) is 0 Å². The largest absolute Gasteiger partial charge is 0.378 e. The van der Waals surface area contributed by atoms with E-state index in [2.05, 4.69) is 18.3 Å². The minimum Gasteiger partial charge on any atom is -0.378 e. The van der Waals surface area contributed by atoms with Gasteiger partial charge >= 0.3 is 0 Å². The van der Waals surface area contributed by atoms with Crippen molar-refractivity contribution in [3.05, 3.63) is 0 Å². The summed E-state index contributed by atoms with van der Waals surface area (Å²) < 4.78 is 5.53. The van der Waals surface area contributed by atoms with E-state index < -0.39 is 5.54 Å². The highest BCUT2D eigenvalue weighted by molar-refractivity contribution is 5.03. The molecule has 0 bridgehead atoms. The Morgan fingerprint density at radius 3 is 2.79 bits per heavy atom. The number of ether oxygens (including phenoxy) is 1. The lowest BCUT2D eigenvalue weighted by molar-refractivity contribution is 0.0877. The normalized spacial score (nSPS) is 20.1. The van der Waals surface area contributed by atoms with Crippen molar-refractivity contribution in [1.82, 2.24) is 5.32 Å². The first kappa shape index (κ1) is 11.5. The molecule has 3 nitrogen and oxygen atoms in total. The Balaban J connectivity index is 2.17. The summed E-state index contributed by atoms with van der Waals surface area (Å²) in [6.45, 7) is 6.19. The zero-order valence-corrected chi connectivity index (χ0v) is 9.18. The maximum Gasteiger partial charge on any atom is 0.127 e. The zero-order chi connectivity index (χ0) is 10.4. The smallest absolute Gasteiger partial charge is 0.127 e. The lowest BCUT2D eigenvalue weighted by Gasteiger charge is -2.22. The van der Waals surface area contributed by atoms with Crippen molar-refractivity contribution in [3.8, 4) is 6.07 Å². The summed E-state index contributed by atoms with van der Waals surface area (Å²) in [5, 5.41) is 12.2. The average molecular weight is 196 g/mol. The molecular formula is C11H20N2O. The van der Waals surface area contributed by atoms with Gasteiger partial charge in [-0.3, -0.25) is 5.32 Å². The van der Waals surface area contributed by atoms with Crippen LogP contribution in [0.3, 0.4) is 0 Å². The second-order valence-electron chi connectivity index (χ2n) is 4.33. The number of hydrogen-bond donors (Lipinski definition) is 1. The molecule has 1 saturated carbocycles. The van der Waals surface area contributed by atoms with Gasteiger partial charge in [-0.2, -0.15) is 5.26 Å². The second-order valence-corrected chi connectivity index (χ2v) is 4.33. The molecule has 0 saturated heterocycles. The van der Waals surface area contributed by atoms with E-state index in [4.69, 9.17) is 10.00 Å². The van der Waals surface area contributed by atoms with Gasteiger partial charge in [-0.15, -0.1) is 0 Å². The molecule has 0 aliphatic heterocycles. The zero-order valence-electron chi connectivity index (χ0n) is 9.18. The Hall–Kier alpha value is -0.590. The van der Waals surface area contributed by atoms with Gasteiger partial charge in [0.15, 0.2) is 0 Å². The van der Waals surface area contributed by atoms with Gasteiger partial charge in [0.2, 0.25) is 0 Å². The number of nitriles is 1. The number of hydrogen-bond acceptors (Lipinski definition) is 3. The molecule has 0 aromatic carbocycles. The van der Waals surface area contributed by atoms with Crippen LogP contribution in [-0.4, -0.2) is 25.3 Å². The van der Waals surface area contributed by atoms with Gasteiger partial charge in [0.25, 0.3) is 0 Å². The van der Waals surface area contributed by atoms with Gasteiger partial charge in [0, 0.05) is 6.61 Å². The fourth-order valence-electron chi connectivity index (χ4n) is 1.24. The van der Waals surface area contributed by atoms with Crippen LogP contribution in [0.25, 0.3) is 0 Å². The van der Waals surface area contributed by atoms with Gasteiger partial charge in [-0.05, 0) is 38.6 Å². The first-order valence-electron chi connectivity index (χ1n) is 5.44. The summed E-state index contributed by atoms with van der Waals surface area (Å²) >= 11 is 0. The number of nitrogens with one attached hydrogen (secondary N) is 1. The first-order valence-corrected chi connectivity index (χ1v) is 5.44. The van der Waals surface area contributed by atoms with E-state index in [1.165, 1.54) is 12.8 Å². The second kappa shape index (κ2) is 5.33. The minimum absolute atomic E-state index is 0.500. The van der Waals surface area contributed by atoms with E-state index in [0.29, 0.717) is 6.61 Å². The van der Waals surface area contributed by atoms with E-state index in [1.807, 2.05) is 6.92 Å². The van der Waals surface area contributed by atoms with Gasteiger partial charge in [0.05, 0.1) is 12.7 Å². The highest BCUT2D eigenvalue weighted by Gasteiger charge is 2.26. The molecule has 3 heteroatoms. The monoisotopic (exact) mass is 196 g/mol. The number of nitrogens with zero attached hydrogens (tertiary/aromatic N) is 1. The van der Waals surface area contributed by atoms with Crippen molar-refractivity contribution in [1.29, 1.82) is 5.26 Å². The van der Waals surface area contributed by atoms with Crippen LogP contribution >= 0.6 is 0 Å². The highest BCUT2D eigenvalue weighted by Crippen LogP contribution is 2.28. The van der Waals surface area contributed by atoms with Crippen LogP contribution in [0.2, 0.25) is 0 Å². The lowest BCUT2D eigenvalue weighted by Crippen LogP contribution is -2.45. The molecule has 0 aromatic heterocycles. The quantitative estimate of drug-likeness (QED) is 0.674. The summed E-state index contributed by atoms with van der Waals surface area (Å²) in [6, 6.07) is 2.27. The molecular weight excluding hydrogens is 176 g/mol. The van der Waals surface area contributed by atoms with Gasteiger partial charge < -0.3 is 4.74 Å². The van der Waals surface area contributed by atoms with Crippen molar-refractivity contribution in [2.24, 2.45) is 5.92 Å². The molecule has 0 radical (unpaired) electrons. The Morgan fingerprint density at radius 2 is 2.29 bits per heavy atom. The molecule has 80 valence electrons. The van der Waals surface area contributed by atoms with E-state index in [9.17, 15) is 0 Å². The molecule has 1 fully saturated rings. The van der Waals surface area contributed by atoms with Crippen molar-refractivity contribution in [3.63, 3.8) is 0 Å². The average Bonchev–Trinajstić information content (AvgIpc) is 2.99. The third-order valence-electron chi connectivity index (χ3n) is 2.45. The Bertz CT molecular complexity index is 208. The Kier molecular flexibility index (Phi) is 4.37. The van der Waals surface area contributed by atoms with Crippen LogP contribution < -0.4 is 5.32 Å². The first-order chi connectivity index (χ1) is 6.70. The number of rotatable bonds is 7. The lowest BCUT2D eigenvalue weighted by atomic mass is 10.1. The molecule has 14 heavy (non-hydrogen) atoms. The van der Waals surface area contributed by atoms with Crippen LogP contribution in [0.5, 0.6) is 0 Å². The van der Waals surface area contributed by atoms with Crippen molar-refractivity contribution < 1.29 is 4.74 Å². The van der Waals surface area contributed by atoms with Crippen LogP contribution in [-0.2, 0) is 4.74 Å². The van der Waals surface area contributed by atoms with E-state index in [0.717, 1.165) is 25.5 Å². The fraction of sp³-hybridized carbons (Fsp3) is 0.909. The molecule has 1 rings (SSSR count). The predicted molar refractivity (Wildman–Crippen MR) is 55.9 cm³/mol. The molecule has 0 amide bonds. The van der Waals surface area contributed by atoms with Crippen LogP contribution in [0, 0.1) is 17.2 Å². The summed E-state index contributed by atoms with van der Waals surface area (Å²) in [6.07, 6.45) is 3.64. The third-order valence-corrected chi connectivity index (χ3v) is 2.45. The molecule has 1 atom stereocenters. The third kappa shape index (κ3) is 4.08. The minimum atomic E-state index is -0.509. The predicted octanol–water partition coefficient (Wildman–Crippen LogP) is 1.69. The molecule has 1 N–H and O–H groups in total. The van der Waals surface area contributed by atoms with E-state index >= 15 is 0 Å². The molecule has 0 spiro atoms. The SMILES string of the molecule is CCCNC(C)(C#N)COCC1CC1. The topological polar surface area (TPSA) is 45.0 Å². The molecule has 1 unspecified atom stereocenters. The summed E-state index contributed by atoms with van der Waals surface area (Å²) in [5.74, 6) is 0.768. The summed E-state index contributed by atoms with van der Waals surface area (Å²) in [5.41, 5.74) is -0.509.